The van der Waals surface area contributed by atoms with Gasteiger partial charge in [-0.05, 0) is 55.7 Å². The van der Waals surface area contributed by atoms with Gasteiger partial charge in [-0.2, -0.15) is 18.2 Å². The molecule has 0 spiro atoms. The van der Waals surface area contributed by atoms with Gasteiger partial charge in [-0.25, -0.2) is 9.37 Å². The molecule has 13 heteroatoms. The Hall–Kier alpha value is -3.97. The summed E-state index contributed by atoms with van der Waals surface area (Å²) in [5.41, 5.74) is 4.48. The summed E-state index contributed by atoms with van der Waals surface area (Å²) in [7, 11) is 1.48. The van der Waals surface area contributed by atoms with Crippen molar-refractivity contribution in [3.8, 4) is 5.75 Å². The standard InChI is InChI=1S/C26H28F4N6O3/c1-25(2,38)13-36-8-7-14-10-20(39-3)19(9-15(14)12-36)33-24-32-11-16(22(31)37)23(35-24)34-21-17(26(28,29)30)5-4-6-18(21)27/h4-6,9-11,38H,7-8,12-13H2,1-3H3,(H2,31,37)(H2,32,33,34,35). The monoisotopic (exact) mass is 548 g/mol. The molecule has 1 amide bonds. The number of primary amides is 1. The molecular formula is C26H28F4N6O3. The molecule has 0 fully saturated rings. The number of alkyl halides is 3. The van der Waals surface area contributed by atoms with E-state index in [1.165, 1.54) is 7.11 Å². The molecule has 2 aromatic carbocycles. The van der Waals surface area contributed by atoms with Crippen LogP contribution in [-0.2, 0) is 19.1 Å². The zero-order valence-electron chi connectivity index (χ0n) is 21.5. The fourth-order valence-corrected chi connectivity index (χ4v) is 4.44. The number of carbonyl (C=O) groups is 1. The Morgan fingerprint density at radius 3 is 2.59 bits per heavy atom. The van der Waals surface area contributed by atoms with E-state index < -0.39 is 40.6 Å². The van der Waals surface area contributed by atoms with E-state index in [1.807, 2.05) is 12.1 Å². The van der Waals surface area contributed by atoms with Crippen LogP contribution < -0.4 is 21.1 Å². The molecule has 208 valence electrons. The SMILES string of the molecule is COc1cc2c(cc1Nc1ncc(C(N)=O)c(Nc3c(F)cccc3C(F)(F)F)n1)CN(CC(C)(C)O)CC2. The minimum absolute atomic E-state index is 0.102. The number of nitrogens with one attached hydrogen (secondary N) is 2. The number of carbonyl (C=O) groups excluding carboxylic acids is 1. The first-order valence-corrected chi connectivity index (χ1v) is 12.0. The second-order valence-corrected chi connectivity index (χ2v) is 9.82. The van der Waals surface area contributed by atoms with Crippen molar-refractivity contribution in [2.24, 2.45) is 5.73 Å². The van der Waals surface area contributed by atoms with Crippen LogP contribution >= 0.6 is 0 Å². The summed E-state index contributed by atoms with van der Waals surface area (Å²) >= 11 is 0. The molecule has 1 aliphatic rings. The van der Waals surface area contributed by atoms with Crippen LogP contribution in [0.5, 0.6) is 5.75 Å². The van der Waals surface area contributed by atoms with Crippen LogP contribution in [0.3, 0.4) is 0 Å². The Bertz CT molecular complexity index is 1390. The average Bonchev–Trinajstić information content (AvgIpc) is 2.83. The molecule has 0 unspecified atom stereocenters. The molecule has 0 radical (unpaired) electrons. The third kappa shape index (κ3) is 6.55. The van der Waals surface area contributed by atoms with E-state index in [2.05, 4.69) is 25.5 Å². The highest BCUT2D eigenvalue weighted by Gasteiger charge is 2.35. The van der Waals surface area contributed by atoms with Gasteiger partial charge in [0.25, 0.3) is 5.91 Å². The van der Waals surface area contributed by atoms with Crippen molar-refractivity contribution in [2.45, 2.75) is 38.6 Å². The van der Waals surface area contributed by atoms with Crippen LogP contribution in [0.2, 0.25) is 0 Å². The summed E-state index contributed by atoms with van der Waals surface area (Å²) in [6.07, 6.45) is -3.10. The molecule has 0 saturated heterocycles. The maximum atomic E-state index is 14.5. The number of ether oxygens (including phenoxy) is 1. The van der Waals surface area contributed by atoms with Crippen molar-refractivity contribution < 1.29 is 32.2 Å². The number of hydrogen-bond acceptors (Lipinski definition) is 8. The second-order valence-electron chi connectivity index (χ2n) is 9.82. The van der Waals surface area contributed by atoms with Crippen LogP contribution in [-0.4, -0.2) is 51.7 Å². The Labute approximate surface area is 222 Å². The van der Waals surface area contributed by atoms with Gasteiger partial charge < -0.3 is 26.2 Å². The number of aliphatic hydroxyl groups is 1. The number of methoxy groups -OCH3 is 1. The minimum atomic E-state index is -4.87. The lowest BCUT2D eigenvalue weighted by atomic mass is 9.97. The number of fused-ring (bicyclic) bond motifs is 1. The summed E-state index contributed by atoms with van der Waals surface area (Å²) in [4.78, 5) is 22.3. The topological polar surface area (TPSA) is 126 Å². The number of β-amino-alcohol motifs (C(OH)–C–C–N with tert-alkyl or cyclic N) is 1. The van der Waals surface area contributed by atoms with Gasteiger partial charge in [0.15, 0.2) is 0 Å². The molecular weight excluding hydrogens is 520 g/mol. The molecule has 2 heterocycles. The van der Waals surface area contributed by atoms with Crippen LogP contribution in [0.4, 0.5) is 40.7 Å². The number of anilines is 4. The van der Waals surface area contributed by atoms with Gasteiger partial charge in [-0.3, -0.25) is 9.69 Å². The van der Waals surface area contributed by atoms with E-state index in [9.17, 15) is 27.5 Å². The lowest BCUT2D eigenvalue weighted by Crippen LogP contribution is -2.41. The fraction of sp³-hybridized carbons (Fsp3) is 0.346. The lowest BCUT2D eigenvalue weighted by molar-refractivity contribution is -0.137. The average molecular weight is 549 g/mol. The lowest BCUT2D eigenvalue weighted by Gasteiger charge is -2.33. The molecule has 0 bridgehead atoms. The molecule has 0 aliphatic carbocycles. The van der Waals surface area contributed by atoms with Crippen LogP contribution in [0.15, 0.2) is 36.5 Å². The van der Waals surface area contributed by atoms with Gasteiger partial charge in [-0.15, -0.1) is 0 Å². The predicted molar refractivity (Wildman–Crippen MR) is 137 cm³/mol. The molecule has 39 heavy (non-hydrogen) atoms. The normalized spacial score (nSPS) is 14.1. The predicted octanol–water partition coefficient (Wildman–Crippen LogP) is 4.36. The number of aromatic nitrogens is 2. The van der Waals surface area contributed by atoms with E-state index in [-0.39, 0.29) is 11.5 Å². The van der Waals surface area contributed by atoms with Gasteiger partial charge >= 0.3 is 6.18 Å². The molecule has 0 saturated carbocycles. The first-order chi connectivity index (χ1) is 18.2. The Balaban J connectivity index is 1.69. The zero-order chi connectivity index (χ0) is 28.5. The number of nitrogens with zero attached hydrogens (tertiary/aromatic N) is 3. The van der Waals surface area contributed by atoms with Crippen LogP contribution in [0.1, 0.15) is 40.9 Å². The van der Waals surface area contributed by atoms with Crippen molar-refractivity contribution in [1.82, 2.24) is 14.9 Å². The quantitative estimate of drug-likeness (QED) is 0.306. The first-order valence-electron chi connectivity index (χ1n) is 12.0. The summed E-state index contributed by atoms with van der Waals surface area (Å²) in [6, 6.07) is 6.18. The second kappa shape index (κ2) is 10.7. The number of halogens is 4. The number of amides is 1. The van der Waals surface area contributed by atoms with Crippen molar-refractivity contribution in [2.75, 3.05) is 30.8 Å². The smallest absolute Gasteiger partial charge is 0.418 e. The summed E-state index contributed by atoms with van der Waals surface area (Å²) in [6.45, 7) is 5.28. The zero-order valence-corrected chi connectivity index (χ0v) is 21.5. The van der Waals surface area contributed by atoms with Crippen molar-refractivity contribution in [3.63, 3.8) is 0 Å². The van der Waals surface area contributed by atoms with E-state index in [4.69, 9.17) is 10.5 Å². The highest BCUT2D eigenvalue weighted by molar-refractivity contribution is 5.98. The van der Waals surface area contributed by atoms with Crippen LogP contribution in [0.25, 0.3) is 0 Å². The van der Waals surface area contributed by atoms with E-state index in [0.29, 0.717) is 30.6 Å². The number of benzene rings is 2. The van der Waals surface area contributed by atoms with Gasteiger partial charge in [0.05, 0.1) is 29.6 Å². The van der Waals surface area contributed by atoms with Crippen molar-refractivity contribution in [3.05, 3.63) is 64.6 Å². The molecule has 9 nitrogen and oxygen atoms in total. The highest BCUT2D eigenvalue weighted by Crippen LogP contribution is 2.38. The molecule has 0 atom stereocenters. The summed E-state index contributed by atoms with van der Waals surface area (Å²) in [5.74, 6) is -2.26. The van der Waals surface area contributed by atoms with Crippen molar-refractivity contribution in [1.29, 1.82) is 0 Å². The van der Waals surface area contributed by atoms with E-state index in [0.717, 1.165) is 42.4 Å². The minimum Gasteiger partial charge on any atom is -0.495 e. The van der Waals surface area contributed by atoms with E-state index in [1.54, 1.807) is 13.8 Å². The van der Waals surface area contributed by atoms with Gasteiger partial charge in [-0.1, -0.05) is 6.07 Å². The Kier molecular flexibility index (Phi) is 7.66. The van der Waals surface area contributed by atoms with Crippen molar-refractivity contribution >= 4 is 29.0 Å². The van der Waals surface area contributed by atoms with Crippen LogP contribution in [0, 0.1) is 5.82 Å². The number of rotatable bonds is 8. The molecule has 4 rings (SSSR count). The third-order valence-corrected chi connectivity index (χ3v) is 6.09. The fourth-order valence-electron chi connectivity index (χ4n) is 4.44. The summed E-state index contributed by atoms with van der Waals surface area (Å²) < 4.78 is 60.5. The largest absolute Gasteiger partial charge is 0.495 e. The third-order valence-electron chi connectivity index (χ3n) is 6.09. The Morgan fingerprint density at radius 2 is 1.95 bits per heavy atom. The first kappa shape index (κ1) is 28.0. The van der Waals surface area contributed by atoms with Gasteiger partial charge in [0.1, 0.15) is 22.9 Å². The van der Waals surface area contributed by atoms with E-state index >= 15 is 0 Å². The number of para-hydroxylation sites is 1. The molecule has 3 aromatic rings. The summed E-state index contributed by atoms with van der Waals surface area (Å²) in [5, 5.41) is 15.5. The van der Waals surface area contributed by atoms with Gasteiger partial charge in [0.2, 0.25) is 5.95 Å². The maximum Gasteiger partial charge on any atom is 0.418 e. The molecule has 5 N–H and O–H groups in total. The maximum absolute atomic E-state index is 14.5. The molecule has 1 aromatic heterocycles. The Morgan fingerprint density at radius 1 is 1.21 bits per heavy atom. The molecule has 1 aliphatic heterocycles. The number of nitrogens with two attached hydrogens (primary N) is 1. The number of hydrogen-bond donors (Lipinski definition) is 4. The van der Waals surface area contributed by atoms with Gasteiger partial charge in [0, 0.05) is 25.8 Å². The highest BCUT2D eigenvalue weighted by atomic mass is 19.4.